The molecular weight excluding hydrogens is 466 g/mol. The third-order valence-corrected chi connectivity index (χ3v) is 6.47. The van der Waals surface area contributed by atoms with Gasteiger partial charge in [-0.15, -0.1) is 6.42 Å². The summed E-state index contributed by atoms with van der Waals surface area (Å²) >= 11 is 0. The SMILES string of the molecule is C#Cc1cccc(-c2cccnc2[C@@H](CC(=O)Cn2ccc3ccccc32)Cc2cc(F)cc(F)c2)c1. The zero-order chi connectivity index (χ0) is 25.8. The van der Waals surface area contributed by atoms with Gasteiger partial charge in [0.25, 0.3) is 0 Å². The summed E-state index contributed by atoms with van der Waals surface area (Å²) in [5.74, 6) is 0.943. The Morgan fingerprint density at radius 1 is 0.946 bits per heavy atom. The van der Waals surface area contributed by atoms with E-state index in [1.807, 2.05) is 77.5 Å². The number of terminal acetylenes is 1. The van der Waals surface area contributed by atoms with Crippen molar-refractivity contribution in [1.29, 1.82) is 0 Å². The first-order valence-electron chi connectivity index (χ1n) is 12.0. The fourth-order valence-electron chi connectivity index (χ4n) is 4.85. The largest absolute Gasteiger partial charge is 0.340 e. The third kappa shape index (κ3) is 5.49. The normalized spacial score (nSPS) is 11.8. The van der Waals surface area contributed by atoms with E-state index in [0.717, 1.165) is 33.7 Å². The number of benzene rings is 3. The zero-order valence-electron chi connectivity index (χ0n) is 20.1. The van der Waals surface area contributed by atoms with Crippen LogP contribution in [-0.2, 0) is 17.8 Å². The molecule has 0 aliphatic heterocycles. The van der Waals surface area contributed by atoms with Crippen molar-refractivity contribution in [3.63, 3.8) is 0 Å². The minimum Gasteiger partial charge on any atom is -0.340 e. The molecule has 5 rings (SSSR count). The fourth-order valence-corrected chi connectivity index (χ4v) is 4.85. The van der Waals surface area contributed by atoms with Crippen LogP contribution in [0.5, 0.6) is 0 Å². The number of Topliss-reactive ketones (excluding diaryl/α,β-unsaturated/α-hetero) is 1. The number of hydrogen-bond donors (Lipinski definition) is 0. The summed E-state index contributed by atoms with van der Waals surface area (Å²) in [5, 5.41) is 1.06. The van der Waals surface area contributed by atoms with Crippen molar-refractivity contribution in [2.75, 3.05) is 0 Å². The average molecular weight is 491 g/mol. The lowest BCUT2D eigenvalue weighted by Gasteiger charge is -2.20. The number of rotatable bonds is 8. The molecule has 5 heteroatoms. The second kappa shape index (κ2) is 10.6. The molecule has 5 aromatic rings. The van der Waals surface area contributed by atoms with Gasteiger partial charge in [-0.25, -0.2) is 8.78 Å². The summed E-state index contributed by atoms with van der Waals surface area (Å²) in [6, 6.07) is 24.6. The van der Waals surface area contributed by atoms with Gasteiger partial charge in [0.05, 0.1) is 12.2 Å². The van der Waals surface area contributed by atoms with Gasteiger partial charge in [0.1, 0.15) is 11.6 Å². The Hall–Kier alpha value is -4.56. The Balaban J connectivity index is 1.51. The van der Waals surface area contributed by atoms with Crippen molar-refractivity contribution in [1.82, 2.24) is 9.55 Å². The predicted octanol–water partition coefficient (Wildman–Crippen LogP) is 6.95. The number of para-hydroxylation sites is 1. The summed E-state index contributed by atoms with van der Waals surface area (Å²) in [7, 11) is 0. The molecule has 0 bridgehead atoms. The first-order valence-corrected chi connectivity index (χ1v) is 12.0. The van der Waals surface area contributed by atoms with E-state index in [9.17, 15) is 13.6 Å². The Morgan fingerprint density at radius 3 is 2.57 bits per heavy atom. The Bertz CT molecular complexity index is 1610. The van der Waals surface area contributed by atoms with Gasteiger partial charge in [0.2, 0.25) is 0 Å². The molecule has 37 heavy (non-hydrogen) atoms. The molecule has 1 atom stereocenters. The molecule has 0 saturated carbocycles. The molecule has 3 nitrogen and oxygen atoms in total. The minimum atomic E-state index is -0.651. The molecule has 0 fully saturated rings. The van der Waals surface area contributed by atoms with Crippen LogP contribution < -0.4 is 0 Å². The molecule has 0 saturated heterocycles. The van der Waals surface area contributed by atoms with Gasteiger partial charge in [0.15, 0.2) is 5.78 Å². The number of nitrogens with zero attached hydrogens (tertiary/aromatic N) is 2. The zero-order valence-corrected chi connectivity index (χ0v) is 20.1. The molecule has 0 N–H and O–H groups in total. The molecule has 0 radical (unpaired) electrons. The highest BCUT2D eigenvalue weighted by molar-refractivity contribution is 5.84. The maximum absolute atomic E-state index is 14.0. The van der Waals surface area contributed by atoms with Crippen molar-refractivity contribution in [3.8, 4) is 23.5 Å². The van der Waals surface area contributed by atoms with Gasteiger partial charge in [-0.05, 0) is 65.4 Å². The van der Waals surface area contributed by atoms with Crippen LogP contribution in [0.1, 0.15) is 29.2 Å². The van der Waals surface area contributed by atoms with E-state index in [4.69, 9.17) is 6.42 Å². The number of fused-ring (bicyclic) bond motifs is 1. The van der Waals surface area contributed by atoms with Crippen LogP contribution in [-0.4, -0.2) is 15.3 Å². The lowest BCUT2D eigenvalue weighted by atomic mass is 9.86. The van der Waals surface area contributed by atoms with Crippen LogP contribution >= 0.6 is 0 Å². The lowest BCUT2D eigenvalue weighted by Crippen LogP contribution is -2.16. The van der Waals surface area contributed by atoms with Crippen molar-refractivity contribution in [3.05, 3.63) is 126 Å². The van der Waals surface area contributed by atoms with E-state index in [1.54, 1.807) is 6.20 Å². The van der Waals surface area contributed by atoms with Gasteiger partial charge in [-0.1, -0.05) is 42.3 Å². The summed E-state index contributed by atoms with van der Waals surface area (Å²) in [6.45, 7) is 0.191. The number of carbonyl (C=O) groups excluding carboxylic acids is 1. The maximum Gasteiger partial charge on any atom is 0.153 e. The van der Waals surface area contributed by atoms with E-state index in [0.29, 0.717) is 11.3 Å². The summed E-state index contributed by atoms with van der Waals surface area (Å²) in [5.41, 5.74) is 4.57. The van der Waals surface area contributed by atoms with Crippen LogP contribution in [0.15, 0.2) is 97.3 Å². The number of aromatic nitrogens is 2. The average Bonchev–Trinajstić information content (AvgIpc) is 3.30. The number of hydrogen-bond acceptors (Lipinski definition) is 2. The molecule has 0 unspecified atom stereocenters. The predicted molar refractivity (Wildman–Crippen MR) is 142 cm³/mol. The summed E-state index contributed by atoms with van der Waals surface area (Å²) in [6.07, 6.45) is 9.60. The van der Waals surface area contributed by atoms with Crippen LogP contribution in [0.25, 0.3) is 22.0 Å². The van der Waals surface area contributed by atoms with Crippen molar-refractivity contribution < 1.29 is 13.6 Å². The number of carbonyl (C=O) groups is 1. The van der Waals surface area contributed by atoms with E-state index in [1.165, 1.54) is 12.1 Å². The number of ketones is 1. The van der Waals surface area contributed by atoms with Gasteiger partial charge in [-0.3, -0.25) is 9.78 Å². The third-order valence-electron chi connectivity index (χ3n) is 6.47. The fraction of sp³-hybridized carbons (Fsp3) is 0.125. The van der Waals surface area contributed by atoms with E-state index in [-0.39, 0.29) is 25.2 Å². The van der Waals surface area contributed by atoms with Gasteiger partial charge >= 0.3 is 0 Å². The standard InChI is InChI=1S/C32H24F2N2O/c1-2-22-7-5-9-25(15-22)30-10-6-13-35-32(30)26(16-23-17-27(33)20-28(34)18-23)19-29(37)21-36-14-12-24-8-3-4-11-31(24)36/h1,3-15,17-18,20,26H,16,19,21H2/t26-/m1/s1. The molecule has 0 aliphatic carbocycles. The van der Waals surface area contributed by atoms with E-state index >= 15 is 0 Å². The molecule has 182 valence electrons. The van der Waals surface area contributed by atoms with Crippen LogP contribution in [0.3, 0.4) is 0 Å². The van der Waals surface area contributed by atoms with E-state index in [2.05, 4.69) is 10.9 Å². The number of halogens is 2. The highest BCUT2D eigenvalue weighted by Crippen LogP contribution is 2.33. The highest BCUT2D eigenvalue weighted by Gasteiger charge is 2.23. The Labute approximate surface area is 214 Å². The monoisotopic (exact) mass is 490 g/mol. The number of pyridine rings is 1. The first kappa shape index (κ1) is 24.1. The molecule has 0 amide bonds. The molecule has 2 aromatic heterocycles. The van der Waals surface area contributed by atoms with Gasteiger partial charge in [-0.2, -0.15) is 0 Å². The highest BCUT2D eigenvalue weighted by atomic mass is 19.1. The second-order valence-corrected chi connectivity index (χ2v) is 9.09. The Kier molecular flexibility index (Phi) is 6.91. The van der Waals surface area contributed by atoms with Crippen LogP contribution in [0, 0.1) is 24.0 Å². The maximum atomic E-state index is 14.0. The quantitative estimate of drug-likeness (QED) is 0.221. The Morgan fingerprint density at radius 2 is 1.76 bits per heavy atom. The molecule has 2 heterocycles. The minimum absolute atomic E-state index is 0.00259. The van der Waals surface area contributed by atoms with Crippen LogP contribution in [0.4, 0.5) is 8.78 Å². The van der Waals surface area contributed by atoms with Crippen molar-refractivity contribution >= 4 is 16.7 Å². The molecule has 0 spiro atoms. The van der Waals surface area contributed by atoms with E-state index < -0.39 is 17.6 Å². The van der Waals surface area contributed by atoms with Crippen molar-refractivity contribution in [2.45, 2.75) is 25.3 Å². The van der Waals surface area contributed by atoms with Gasteiger partial charge in [0, 0.05) is 47.4 Å². The van der Waals surface area contributed by atoms with Crippen LogP contribution in [0.2, 0.25) is 0 Å². The summed E-state index contributed by atoms with van der Waals surface area (Å²) in [4.78, 5) is 18.0. The molecule has 0 aliphatic rings. The first-order chi connectivity index (χ1) is 18.0. The van der Waals surface area contributed by atoms with Gasteiger partial charge < -0.3 is 4.57 Å². The topological polar surface area (TPSA) is 34.9 Å². The lowest BCUT2D eigenvalue weighted by molar-refractivity contribution is -0.119. The molecule has 3 aromatic carbocycles. The molecular formula is C32H24F2N2O. The van der Waals surface area contributed by atoms with Crippen molar-refractivity contribution in [2.24, 2.45) is 0 Å². The smallest absolute Gasteiger partial charge is 0.153 e. The second-order valence-electron chi connectivity index (χ2n) is 9.09. The summed E-state index contributed by atoms with van der Waals surface area (Å²) < 4.78 is 30.0.